The maximum Gasteiger partial charge on any atom is 0.301 e. The molecule has 1 aromatic rings. The highest BCUT2D eigenvalue weighted by Crippen LogP contribution is 2.32. The molecule has 100 valence electrons. The van der Waals surface area contributed by atoms with Crippen LogP contribution in [-0.4, -0.2) is 41.0 Å². The highest BCUT2D eigenvalue weighted by molar-refractivity contribution is 7.17. The average Bonchev–Trinajstić information content (AvgIpc) is 2.28. The average molecular weight is 274 g/mol. The van der Waals surface area contributed by atoms with Gasteiger partial charge in [-0.05, 0) is 26.4 Å². The van der Waals surface area contributed by atoms with Crippen LogP contribution in [0.5, 0.6) is 0 Å². The molecule has 7 heteroatoms. The maximum absolute atomic E-state index is 12.9. The van der Waals surface area contributed by atoms with E-state index in [-0.39, 0.29) is 5.69 Å². The van der Waals surface area contributed by atoms with Crippen LogP contribution >= 0.6 is 9.24 Å². The van der Waals surface area contributed by atoms with Gasteiger partial charge in [-0.1, -0.05) is 9.24 Å². The molecule has 1 N–H and O–H groups in total. The van der Waals surface area contributed by atoms with Gasteiger partial charge in [-0.2, -0.15) is 8.78 Å². The van der Waals surface area contributed by atoms with Crippen molar-refractivity contribution in [3.8, 4) is 0 Å². The van der Waals surface area contributed by atoms with Gasteiger partial charge in [-0.15, -0.1) is 0 Å². The minimum atomic E-state index is -3.02. The number of piperidine rings is 1. The lowest BCUT2D eigenvalue weighted by Gasteiger charge is -2.30. The van der Waals surface area contributed by atoms with Crippen LogP contribution < -0.4 is 5.32 Å². The predicted octanol–water partition coefficient (Wildman–Crippen LogP) is 1.91. The summed E-state index contributed by atoms with van der Waals surface area (Å²) in [6.07, 6.45) is 4.67. The summed E-state index contributed by atoms with van der Waals surface area (Å²) in [5.74, 6) is 0.549. The minimum Gasteiger partial charge on any atom is -0.365 e. The van der Waals surface area contributed by atoms with E-state index in [1.54, 1.807) is 0 Å². The van der Waals surface area contributed by atoms with Crippen molar-refractivity contribution in [1.82, 2.24) is 14.9 Å². The fourth-order valence-corrected chi connectivity index (χ4v) is 2.22. The molecule has 18 heavy (non-hydrogen) atoms. The van der Waals surface area contributed by atoms with Crippen LogP contribution in [0.4, 0.5) is 14.6 Å². The van der Waals surface area contributed by atoms with E-state index in [9.17, 15) is 8.78 Å². The number of anilines is 1. The summed E-state index contributed by atoms with van der Waals surface area (Å²) in [5.41, 5.74) is -3.35. The first kappa shape index (κ1) is 13.6. The van der Waals surface area contributed by atoms with Gasteiger partial charge in [0.1, 0.15) is 11.5 Å². The molecule has 2 unspecified atom stereocenters. The first-order valence-electron chi connectivity index (χ1n) is 5.89. The summed E-state index contributed by atoms with van der Waals surface area (Å²) in [6, 6.07) is 0.306. The third-order valence-corrected chi connectivity index (χ3v) is 3.27. The van der Waals surface area contributed by atoms with E-state index in [1.807, 2.05) is 0 Å². The van der Waals surface area contributed by atoms with E-state index < -0.39 is 5.66 Å². The fraction of sp³-hybridized carbons (Fsp3) is 0.636. The van der Waals surface area contributed by atoms with Crippen LogP contribution in [-0.2, 0) is 5.66 Å². The molecule has 4 nitrogen and oxygen atoms in total. The van der Waals surface area contributed by atoms with Gasteiger partial charge < -0.3 is 10.2 Å². The number of rotatable bonds is 3. The molecule has 0 aliphatic carbocycles. The van der Waals surface area contributed by atoms with Crippen LogP contribution in [0.25, 0.3) is 0 Å². The number of nitrogens with one attached hydrogen (secondary N) is 1. The quantitative estimate of drug-likeness (QED) is 0.855. The van der Waals surface area contributed by atoms with E-state index in [0.29, 0.717) is 11.9 Å². The Morgan fingerprint density at radius 2 is 2.22 bits per heavy atom. The summed E-state index contributed by atoms with van der Waals surface area (Å²) >= 11 is 0. The molecule has 2 atom stereocenters. The van der Waals surface area contributed by atoms with Crippen molar-refractivity contribution >= 4 is 15.1 Å². The lowest BCUT2D eigenvalue weighted by Crippen LogP contribution is -2.39. The van der Waals surface area contributed by atoms with Gasteiger partial charge in [0, 0.05) is 12.6 Å². The molecule has 1 saturated heterocycles. The SMILES string of the molecule is CN1CCCC(Nc2cnc(C(F)(F)P)cn2)C1. The van der Waals surface area contributed by atoms with Crippen molar-refractivity contribution < 1.29 is 8.78 Å². The number of likely N-dealkylation sites (N-methyl/N-ethyl adjacent to an activating group) is 1. The molecule has 0 bridgehead atoms. The zero-order valence-corrected chi connectivity index (χ0v) is 11.4. The second kappa shape index (κ2) is 5.41. The lowest BCUT2D eigenvalue weighted by atomic mass is 10.1. The van der Waals surface area contributed by atoms with E-state index in [1.165, 1.54) is 15.4 Å². The van der Waals surface area contributed by atoms with Gasteiger partial charge in [0.05, 0.1) is 12.4 Å². The third-order valence-electron chi connectivity index (χ3n) is 2.97. The summed E-state index contributed by atoms with van der Waals surface area (Å²) in [7, 11) is 3.52. The first-order chi connectivity index (χ1) is 8.45. The first-order valence-corrected chi connectivity index (χ1v) is 6.47. The molecular weight excluding hydrogens is 257 g/mol. The maximum atomic E-state index is 12.9. The molecule has 2 rings (SSSR count). The van der Waals surface area contributed by atoms with Gasteiger partial charge in [0.2, 0.25) is 0 Å². The fourth-order valence-electron chi connectivity index (χ4n) is 2.07. The lowest BCUT2D eigenvalue weighted by molar-refractivity contribution is 0.0982. The van der Waals surface area contributed by atoms with Gasteiger partial charge in [0.15, 0.2) is 0 Å². The van der Waals surface area contributed by atoms with E-state index in [4.69, 9.17) is 0 Å². The Bertz CT molecular complexity index is 393. The highest BCUT2D eigenvalue weighted by atomic mass is 31.0. The molecule has 0 amide bonds. The molecule has 0 spiro atoms. The molecule has 1 fully saturated rings. The molecule has 1 aliphatic heterocycles. The van der Waals surface area contributed by atoms with Crippen molar-refractivity contribution in [1.29, 1.82) is 0 Å². The van der Waals surface area contributed by atoms with Gasteiger partial charge in [0.25, 0.3) is 0 Å². The van der Waals surface area contributed by atoms with Crippen molar-refractivity contribution in [3.63, 3.8) is 0 Å². The van der Waals surface area contributed by atoms with Gasteiger partial charge in [-0.3, -0.25) is 0 Å². The second-order valence-electron chi connectivity index (χ2n) is 4.66. The summed E-state index contributed by atoms with van der Waals surface area (Å²) in [5, 5.41) is 3.22. The molecule has 0 aromatic carbocycles. The summed E-state index contributed by atoms with van der Waals surface area (Å²) in [4.78, 5) is 9.94. The molecule has 1 aliphatic rings. The summed E-state index contributed by atoms with van der Waals surface area (Å²) in [6.45, 7) is 2.03. The predicted molar refractivity (Wildman–Crippen MR) is 69.8 cm³/mol. The second-order valence-corrected chi connectivity index (χ2v) is 5.38. The Balaban J connectivity index is 1.98. The zero-order chi connectivity index (χ0) is 13.2. The third kappa shape index (κ3) is 3.56. The normalized spacial score (nSPS) is 21.9. The van der Waals surface area contributed by atoms with E-state index in [2.05, 4.69) is 27.2 Å². The number of hydrogen-bond donors (Lipinski definition) is 1. The number of alkyl halides is 2. The monoisotopic (exact) mass is 274 g/mol. The Labute approximate surface area is 107 Å². The largest absolute Gasteiger partial charge is 0.365 e. The molecule has 0 radical (unpaired) electrons. The van der Waals surface area contributed by atoms with Gasteiger partial charge >= 0.3 is 5.66 Å². The standard InChI is InChI=1S/C11H17F2N4P/c1-17-4-2-3-8(7-17)16-10-6-14-9(5-15-10)11(12,13)18/h5-6,8H,2-4,7,18H2,1H3,(H,15,16). The van der Waals surface area contributed by atoms with E-state index >= 15 is 0 Å². The highest BCUT2D eigenvalue weighted by Gasteiger charge is 2.26. The van der Waals surface area contributed by atoms with Crippen LogP contribution in [0.3, 0.4) is 0 Å². The van der Waals surface area contributed by atoms with Crippen molar-refractivity contribution in [2.24, 2.45) is 0 Å². The Morgan fingerprint density at radius 3 is 2.78 bits per heavy atom. The number of likely N-dealkylation sites (tertiary alicyclic amines) is 1. The van der Waals surface area contributed by atoms with Gasteiger partial charge in [-0.25, -0.2) is 9.97 Å². The molecule has 1 aromatic heterocycles. The number of hydrogen-bond acceptors (Lipinski definition) is 4. The zero-order valence-electron chi connectivity index (χ0n) is 10.2. The van der Waals surface area contributed by atoms with Crippen molar-refractivity contribution in [2.45, 2.75) is 24.5 Å². The Kier molecular flexibility index (Phi) is 4.07. The van der Waals surface area contributed by atoms with Crippen molar-refractivity contribution in [3.05, 3.63) is 18.1 Å². The van der Waals surface area contributed by atoms with Crippen LogP contribution in [0.2, 0.25) is 0 Å². The topological polar surface area (TPSA) is 41.0 Å². The Morgan fingerprint density at radius 1 is 1.44 bits per heavy atom. The number of nitrogens with zero attached hydrogens (tertiary/aromatic N) is 3. The molecule has 2 heterocycles. The Hall–Kier alpha value is -0.870. The summed E-state index contributed by atoms with van der Waals surface area (Å²) < 4.78 is 25.9. The minimum absolute atomic E-state index is 0.306. The van der Waals surface area contributed by atoms with Crippen LogP contribution in [0, 0.1) is 0 Å². The number of halogens is 2. The smallest absolute Gasteiger partial charge is 0.301 e. The number of aromatic nitrogens is 2. The van der Waals surface area contributed by atoms with Crippen LogP contribution in [0.1, 0.15) is 18.5 Å². The van der Waals surface area contributed by atoms with Crippen LogP contribution in [0.15, 0.2) is 12.4 Å². The molecular formula is C11H17F2N4P. The van der Waals surface area contributed by atoms with E-state index in [0.717, 1.165) is 32.1 Å². The molecule has 0 saturated carbocycles. The van der Waals surface area contributed by atoms with Crippen molar-refractivity contribution in [2.75, 3.05) is 25.5 Å².